The molecule has 0 heterocycles. The van der Waals surface area contributed by atoms with Gasteiger partial charge in [-0.05, 0) is 62.5 Å². The Morgan fingerprint density at radius 1 is 1.04 bits per heavy atom. The van der Waals surface area contributed by atoms with Crippen LogP contribution in [0.3, 0.4) is 0 Å². The lowest BCUT2D eigenvalue weighted by Crippen LogP contribution is -2.32. The predicted octanol–water partition coefficient (Wildman–Crippen LogP) is 4.79. The average Bonchev–Trinajstić information content (AvgIpc) is 2.56. The topological polar surface area (TPSA) is 24.8 Å². The van der Waals surface area contributed by atoms with Crippen molar-refractivity contribution < 1.29 is 4.74 Å². The van der Waals surface area contributed by atoms with Gasteiger partial charge in [0, 0.05) is 23.7 Å². The SMILES string of the molecule is CCN(CC)C(=NC(=S)Oc1ccccc1)c1ccc(Cl)cc1. The zero-order chi connectivity index (χ0) is 16.7. The van der Waals surface area contributed by atoms with E-state index in [0.717, 1.165) is 24.5 Å². The van der Waals surface area contributed by atoms with Gasteiger partial charge in [0.1, 0.15) is 11.6 Å². The van der Waals surface area contributed by atoms with Crippen LogP contribution in [0.2, 0.25) is 5.02 Å². The number of para-hydroxylation sites is 1. The summed E-state index contributed by atoms with van der Waals surface area (Å²) in [6, 6.07) is 17.0. The first kappa shape index (κ1) is 17.4. The van der Waals surface area contributed by atoms with Crippen LogP contribution in [0.15, 0.2) is 59.6 Å². The Balaban J connectivity index is 2.28. The molecule has 0 bridgehead atoms. The number of rotatable bonds is 4. The second kappa shape index (κ2) is 8.65. The van der Waals surface area contributed by atoms with Gasteiger partial charge in [0.15, 0.2) is 0 Å². The number of ether oxygens (including phenoxy) is 1. The van der Waals surface area contributed by atoms with Gasteiger partial charge in [-0.3, -0.25) is 0 Å². The first-order chi connectivity index (χ1) is 11.1. The van der Waals surface area contributed by atoms with E-state index in [-0.39, 0.29) is 5.17 Å². The third-order valence-electron chi connectivity index (χ3n) is 3.31. The Labute approximate surface area is 147 Å². The Morgan fingerprint density at radius 3 is 2.22 bits per heavy atom. The first-order valence-corrected chi connectivity index (χ1v) is 8.29. The zero-order valence-corrected chi connectivity index (χ0v) is 14.8. The molecule has 0 saturated heterocycles. The Kier molecular flexibility index (Phi) is 6.56. The van der Waals surface area contributed by atoms with Gasteiger partial charge < -0.3 is 9.64 Å². The van der Waals surface area contributed by atoms with Crippen molar-refractivity contribution in [2.45, 2.75) is 13.8 Å². The van der Waals surface area contributed by atoms with Crippen molar-refractivity contribution in [1.29, 1.82) is 0 Å². The molecular formula is C18H19ClN2OS. The van der Waals surface area contributed by atoms with E-state index in [4.69, 9.17) is 28.6 Å². The van der Waals surface area contributed by atoms with Crippen LogP contribution in [-0.2, 0) is 0 Å². The summed E-state index contributed by atoms with van der Waals surface area (Å²) < 4.78 is 5.62. The lowest BCUT2D eigenvalue weighted by molar-refractivity contribution is 0.465. The number of nitrogens with zero attached hydrogens (tertiary/aromatic N) is 2. The summed E-state index contributed by atoms with van der Waals surface area (Å²) in [4.78, 5) is 6.65. The van der Waals surface area contributed by atoms with Gasteiger partial charge in [0.25, 0.3) is 5.17 Å². The molecule has 2 aromatic rings. The standard InChI is InChI=1S/C18H19ClN2OS/c1-3-21(4-2)17(14-10-12-15(19)13-11-14)20-18(23)22-16-8-6-5-7-9-16/h5-13H,3-4H2,1-2H3. The third kappa shape index (κ3) is 5.05. The second-order valence-electron chi connectivity index (χ2n) is 4.80. The fourth-order valence-electron chi connectivity index (χ4n) is 2.14. The van der Waals surface area contributed by atoms with Crippen LogP contribution in [0.5, 0.6) is 5.75 Å². The van der Waals surface area contributed by atoms with Crippen molar-refractivity contribution in [2.75, 3.05) is 13.1 Å². The molecule has 2 rings (SSSR count). The van der Waals surface area contributed by atoms with Gasteiger partial charge >= 0.3 is 0 Å². The van der Waals surface area contributed by atoms with E-state index in [1.165, 1.54) is 0 Å². The predicted molar refractivity (Wildman–Crippen MR) is 101 cm³/mol. The molecule has 0 aromatic heterocycles. The van der Waals surface area contributed by atoms with Crippen LogP contribution in [0.4, 0.5) is 0 Å². The number of hydrogen-bond donors (Lipinski definition) is 0. The van der Waals surface area contributed by atoms with Crippen molar-refractivity contribution in [3.05, 3.63) is 65.2 Å². The van der Waals surface area contributed by atoms with Crippen molar-refractivity contribution in [1.82, 2.24) is 4.90 Å². The van der Waals surface area contributed by atoms with Crippen LogP contribution >= 0.6 is 23.8 Å². The molecule has 0 aliphatic heterocycles. The van der Waals surface area contributed by atoms with E-state index >= 15 is 0 Å². The molecule has 0 spiro atoms. The molecule has 3 nitrogen and oxygen atoms in total. The molecule has 0 saturated carbocycles. The molecule has 5 heteroatoms. The Hall–Kier alpha value is -1.91. The van der Waals surface area contributed by atoms with Crippen molar-refractivity contribution in [2.24, 2.45) is 4.99 Å². The quantitative estimate of drug-likeness (QED) is 0.452. The van der Waals surface area contributed by atoms with Crippen LogP contribution in [-0.4, -0.2) is 29.0 Å². The maximum atomic E-state index is 5.97. The van der Waals surface area contributed by atoms with Gasteiger partial charge in [-0.15, -0.1) is 0 Å². The van der Waals surface area contributed by atoms with Gasteiger partial charge in [0.05, 0.1) is 0 Å². The number of halogens is 1. The maximum absolute atomic E-state index is 5.97. The summed E-state index contributed by atoms with van der Waals surface area (Å²) in [5.74, 6) is 1.46. The fourth-order valence-corrected chi connectivity index (χ4v) is 2.45. The van der Waals surface area contributed by atoms with E-state index in [1.54, 1.807) is 0 Å². The van der Waals surface area contributed by atoms with Gasteiger partial charge in [-0.2, -0.15) is 4.99 Å². The summed E-state index contributed by atoms with van der Waals surface area (Å²) in [5.41, 5.74) is 0.956. The average molecular weight is 347 g/mol. The van der Waals surface area contributed by atoms with E-state index in [2.05, 4.69) is 23.7 Å². The van der Waals surface area contributed by atoms with E-state index < -0.39 is 0 Å². The number of amidine groups is 1. The summed E-state index contributed by atoms with van der Waals surface area (Å²) in [6.45, 7) is 5.81. The van der Waals surface area contributed by atoms with Crippen LogP contribution < -0.4 is 4.74 Å². The van der Waals surface area contributed by atoms with Gasteiger partial charge in [0.2, 0.25) is 0 Å². The van der Waals surface area contributed by atoms with Crippen LogP contribution in [0.1, 0.15) is 19.4 Å². The molecule has 0 amide bonds. The molecule has 0 N–H and O–H groups in total. The molecule has 0 atom stereocenters. The lowest BCUT2D eigenvalue weighted by Gasteiger charge is -2.23. The summed E-state index contributed by atoms with van der Waals surface area (Å²) in [6.07, 6.45) is 0. The van der Waals surface area contributed by atoms with Crippen LogP contribution in [0, 0.1) is 0 Å². The largest absolute Gasteiger partial charge is 0.430 e. The number of hydrogen-bond acceptors (Lipinski definition) is 2. The lowest BCUT2D eigenvalue weighted by atomic mass is 10.2. The Bertz CT molecular complexity index is 667. The molecular weight excluding hydrogens is 328 g/mol. The smallest absolute Gasteiger partial charge is 0.290 e. The highest BCUT2D eigenvalue weighted by Crippen LogP contribution is 2.14. The minimum absolute atomic E-state index is 0.188. The molecule has 0 aliphatic carbocycles. The highest BCUT2D eigenvalue weighted by Gasteiger charge is 2.12. The van der Waals surface area contributed by atoms with Crippen molar-refractivity contribution in [3.8, 4) is 5.75 Å². The van der Waals surface area contributed by atoms with E-state index in [0.29, 0.717) is 10.8 Å². The molecule has 0 aliphatic rings. The third-order valence-corrected chi connectivity index (χ3v) is 3.74. The van der Waals surface area contributed by atoms with Gasteiger partial charge in [-0.1, -0.05) is 29.8 Å². The summed E-state index contributed by atoms with van der Waals surface area (Å²) in [5, 5.41) is 0.879. The van der Waals surface area contributed by atoms with Crippen LogP contribution in [0.25, 0.3) is 0 Å². The first-order valence-electron chi connectivity index (χ1n) is 7.50. The zero-order valence-electron chi connectivity index (χ0n) is 13.2. The van der Waals surface area contributed by atoms with Gasteiger partial charge in [-0.25, -0.2) is 0 Å². The molecule has 0 unspecified atom stereocenters. The fraction of sp³-hybridized carbons (Fsp3) is 0.222. The highest BCUT2D eigenvalue weighted by atomic mass is 35.5. The maximum Gasteiger partial charge on any atom is 0.290 e. The van der Waals surface area contributed by atoms with E-state index in [9.17, 15) is 0 Å². The minimum Gasteiger partial charge on any atom is -0.430 e. The molecule has 0 radical (unpaired) electrons. The molecule has 120 valence electrons. The second-order valence-corrected chi connectivity index (χ2v) is 5.58. The monoisotopic (exact) mass is 346 g/mol. The number of aliphatic imine (C=N–C) groups is 1. The number of benzene rings is 2. The Morgan fingerprint density at radius 2 is 1.65 bits per heavy atom. The molecule has 0 fully saturated rings. The van der Waals surface area contributed by atoms with E-state index in [1.807, 2.05) is 54.6 Å². The highest BCUT2D eigenvalue weighted by molar-refractivity contribution is 7.80. The van der Waals surface area contributed by atoms with Crippen molar-refractivity contribution >= 4 is 34.8 Å². The molecule has 23 heavy (non-hydrogen) atoms. The summed E-state index contributed by atoms with van der Waals surface area (Å²) >= 11 is 11.3. The minimum atomic E-state index is 0.188. The normalized spacial score (nSPS) is 11.2. The number of thiocarbonyl (C=S) groups is 1. The van der Waals surface area contributed by atoms with Crippen molar-refractivity contribution in [3.63, 3.8) is 0 Å². The molecule has 2 aromatic carbocycles. The summed E-state index contributed by atoms with van der Waals surface area (Å²) in [7, 11) is 0.